The highest BCUT2D eigenvalue weighted by molar-refractivity contribution is 5.95. The number of amides is 1. The number of nitrogens with zero attached hydrogens (tertiary/aromatic N) is 3. The molecule has 136 valence electrons. The van der Waals surface area contributed by atoms with Gasteiger partial charge in [0.2, 0.25) is 0 Å². The van der Waals surface area contributed by atoms with Crippen LogP contribution < -0.4 is 5.32 Å². The van der Waals surface area contributed by atoms with E-state index in [9.17, 15) is 4.79 Å². The maximum atomic E-state index is 13.5. The molecule has 5 nitrogen and oxygen atoms in total. The van der Waals surface area contributed by atoms with E-state index in [-0.39, 0.29) is 5.91 Å². The van der Waals surface area contributed by atoms with Crippen LogP contribution >= 0.6 is 0 Å². The van der Waals surface area contributed by atoms with E-state index >= 15 is 0 Å². The van der Waals surface area contributed by atoms with Crippen molar-refractivity contribution in [1.29, 1.82) is 0 Å². The first-order valence-corrected chi connectivity index (χ1v) is 9.94. The molecule has 2 aromatic rings. The minimum Gasteiger partial charge on any atom is -0.330 e. The average molecular weight is 350 g/mol. The summed E-state index contributed by atoms with van der Waals surface area (Å²) in [5.74, 6) is 0.159. The zero-order valence-corrected chi connectivity index (χ0v) is 15.4. The number of aromatic nitrogens is 2. The minimum absolute atomic E-state index is 0.159. The van der Waals surface area contributed by atoms with Crippen molar-refractivity contribution < 1.29 is 4.79 Å². The highest BCUT2D eigenvalue weighted by atomic mass is 16.2. The third kappa shape index (κ3) is 2.41. The zero-order valence-electron chi connectivity index (χ0n) is 15.4. The Morgan fingerprint density at radius 1 is 1.15 bits per heavy atom. The topological polar surface area (TPSA) is 50.2 Å². The van der Waals surface area contributed by atoms with Gasteiger partial charge in [-0.2, -0.15) is 5.10 Å². The van der Waals surface area contributed by atoms with Crippen molar-refractivity contribution in [3.8, 4) is 5.69 Å². The zero-order chi connectivity index (χ0) is 17.7. The van der Waals surface area contributed by atoms with Crippen molar-refractivity contribution in [2.45, 2.75) is 57.5 Å². The summed E-state index contributed by atoms with van der Waals surface area (Å²) in [6, 6.07) is 9.03. The van der Waals surface area contributed by atoms with Crippen molar-refractivity contribution in [2.24, 2.45) is 0 Å². The Bertz CT molecular complexity index is 842. The van der Waals surface area contributed by atoms with Gasteiger partial charge in [0.1, 0.15) is 0 Å². The number of benzene rings is 1. The number of rotatable bonds is 2. The Kier molecular flexibility index (Phi) is 3.85. The van der Waals surface area contributed by atoms with Gasteiger partial charge in [-0.15, -0.1) is 0 Å². The highest BCUT2D eigenvalue weighted by Gasteiger charge is 2.41. The SMILES string of the molecule is Cc1ccccc1-n1nc(C(=O)N2C3CCNCC2CC3)c2c1CCC2. The van der Waals surface area contributed by atoms with Crippen LogP contribution in [0.25, 0.3) is 5.69 Å². The fraction of sp³-hybridized carbons (Fsp3) is 0.524. The van der Waals surface area contributed by atoms with Crippen LogP contribution in [0.4, 0.5) is 0 Å². The summed E-state index contributed by atoms with van der Waals surface area (Å²) in [6.45, 7) is 4.05. The predicted octanol–water partition coefficient (Wildman–Crippen LogP) is 2.64. The van der Waals surface area contributed by atoms with Gasteiger partial charge in [-0.05, 0) is 63.6 Å². The second-order valence-corrected chi connectivity index (χ2v) is 7.92. The second kappa shape index (κ2) is 6.23. The largest absolute Gasteiger partial charge is 0.330 e. The highest BCUT2D eigenvalue weighted by Crippen LogP contribution is 2.33. The molecule has 0 radical (unpaired) electrons. The molecular weight excluding hydrogens is 324 g/mol. The van der Waals surface area contributed by atoms with E-state index in [1.54, 1.807) is 0 Å². The molecule has 2 atom stereocenters. The number of nitrogens with one attached hydrogen (secondary N) is 1. The van der Waals surface area contributed by atoms with Crippen LogP contribution in [0.5, 0.6) is 0 Å². The summed E-state index contributed by atoms with van der Waals surface area (Å²) in [4.78, 5) is 15.7. The lowest BCUT2D eigenvalue weighted by Crippen LogP contribution is -2.43. The van der Waals surface area contributed by atoms with E-state index in [4.69, 9.17) is 5.10 Å². The van der Waals surface area contributed by atoms with Gasteiger partial charge in [0.25, 0.3) is 5.91 Å². The molecule has 1 aliphatic carbocycles. The van der Waals surface area contributed by atoms with Crippen LogP contribution in [0.2, 0.25) is 0 Å². The first-order valence-electron chi connectivity index (χ1n) is 9.94. The lowest BCUT2D eigenvalue weighted by atomic mass is 10.1. The van der Waals surface area contributed by atoms with Gasteiger partial charge in [0, 0.05) is 29.9 Å². The normalized spacial score (nSPS) is 24.6. The molecule has 3 heterocycles. The molecule has 1 amide bonds. The van der Waals surface area contributed by atoms with Gasteiger partial charge >= 0.3 is 0 Å². The smallest absolute Gasteiger partial charge is 0.275 e. The molecule has 26 heavy (non-hydrogen) atoms. The molecule has 5 heteroatoms. The number of fused-ring (bicyclic) bond motifs is 3. The van der Waals surface area contributed by atoms with Crippen molar-refractivity contribution in [3.63, 3.8) is 0 Å². The van der Waals surface area contributed by atoms with E-state index in [2.05, 4.69) is 35.3 Å². The molecular formula is C21H26N4O. The van der Waals surface area contributed by atoms with Gasteiger partial charge in [-0.3, -0.25) is 4.79 Å². The number of carbonyl (C=O) groups excluding carboxylic acids is 1. The van der Waals surface area contributed by atoms with Gasteiger partial charge in [0.15, 0.2) is 5.69 Å². The summed E-state index contributed by atoms with van der Waals surface area (Å²) in [7, 11) is 0. The number of para-hydroxylation sites is 1. The summed E-state index contributed by atoms with van der Waals surface area (Å²) in [6.07, 6.45) is 6.42. The van der Waals surface area contributed by atoms with Gasteiger partial charge < -0.3 is 10.2 Å². The summed E-state index contributed by atoms with van der Waals surface area (Å²) in [5.41, 5.74) is 5.44. The average Bonchev–Trinajstić information content (AvgIpc) is 3.28. The van der Waals surface area contributed by atoms with Crippen molar-refractivity contribution in [3.05, 3.63) is 46.8 Å². The summed E-state index contributed by atoms with van der Waals surface area (Å²) < 4.78 is 2.04. The maximum Gasteiger partial charge on any atom is 0.275 e. The summed E-state index contributed by atoms with van der Waals surface area (Å²) >= 11 is 0. The molecule has 0 saturated carbocycles. The Hall–Kier alpha value is -2.14. The van der Waals surface area contributed by atoms with Gasteiger partial charge in [0.05, 0.1) is 5.69 Å². The Morgan fingerprint density at radius 3 is 2.88 bits per heavy atom. The number of carbonyl (C=O) groups is 1. The van der Waals surface area contributed by atoms with Crippen molar-refractivity contribution in [1.82, 2.24) is 20.0 Å². The molecule has 3 aliphatic rings. The molecule has 5 rings (SSSR count). The maximum absolute atomic E-state index is 13.5. The second-order valence-electron chi connectivity index (χ2n) is 7.92. The van der Waals surface area contributed by atoms with Crippen molar-refractivity contribution in [2.75, 3.05) is 13.1 Å². The number of hydrogen-bond acceptors (Lipinski definition) is 3. The van der Waals surface area contributed by atoms with Gasteiger partial charge in [-0.25, -0.2) is 4.68 Å². The fourth-order valence-corrected chi connectivity index (χ4v) is 5.05. The third-order valence-corrected chi connectivity index (χ3v) is 6.37. The van der Waals surface area contributed by atoms with Crippen molar-refractivity contribution >= 4 is 5.91 Å². The van der Waals surface area contributed by atoms with E-state index in [0.717, 1.165) is 57.3 Å². The van der Waals surface area contributed by atoms with E-state index in [1.165, 1.54) is 16.8 Å². The molecule has 2 unspecified atom stereocenters. The van der Waals surface area contributed by atoms with Crippen LogP contribution in [-0.2, 0) is 12.8 Å². The molecule has 2 saturated heterocycles. The molecule has 2 bridgehead atoms. The van der Waals surface area contributed by atoms with Crippen LogP contribution in [0.15, 0.2) is 24.3 Å². The first kappa shape index (κ1) is 16.1. The minimum atomic E-state index is 0.159. The van der Waals surface area contributed by atoms with Crippen LogP contribution in [0.1, 0.15) is 53.0 Å². The Balaban J connectivity index is 1.57. The molecule has 1 N–H and O–H groups in total. The lowest BCUT2D eigenvalue weighted by Gasteiger charge is -2.27. The number of hydrogen-bond donors (Lipinski definition) is 1. The van der Waals surface area contributed by atoms with E-state index < -0.39 is 0 Å². The molecule has 2 aliphatic heterocycles. The van der Waals surface area contributed by atoms with Crippen LogP contribution in [0.3, 0.4) is 0 Å². The lowest BCUT2D eigenvalue weighted by molar-refractivity contribution is 0.0672. The van der Waals surface area contributed by atoms with E-state index in [1.807, 2.05) is 10.7 Å². The summed E-state index contributed by atoms with van der Waals surface area (Å²) in [5, 5.41) is 8.36. The van der Waals surface area contributed by atoms with Crippen LogP contribution in [-0.4, -0.2) is 45.8 Å². The van der Waals surface area contributed by atoms with E-state index in [0.29, 0.717) is 17.8 Å². The molecule has 0 spiro atoms. The standard InChI is InChI=1S/C21H26N4O/c1-14-5-2-3-7-18(14)25-19-8-4-6-17(19)20(23-25)21(26)24-15-9-10-16(24)13-22-12-11-15/h2-3,5,7,15-16,22H,4,6,8-13H2,1H3. The fourth-order valence-electron chi connectivity index (χ4n) is 5.05. The predicted molar refractivity (Wildman–Crippen MR) is 101 cm³/mol. The monoisotopic (exact) mass is 350 g/mol. The molecule has 1 aromatic heterocycles. The molecule has 1 aromatic carbocycles. The quantitative estimate of drug-likeness (QED) is 0.906. The molecule has 2 fully saturated rings. The number of aryl methyl sites for hydroxylation is 1. The first-order chi connectivity index (χ1) is 12.7. The Morgan fingerprint density at radius 2 is 2.00 bits per heavy atom. The Labute approximate surface area is 154 Å². The van der Waals surface area contributed by atoms with Crippen LogP contribution in [0, 0.1) is 6.92 Å². The third-order valence-electron chi connectivity index (χ3n) is 6.37. The van der Waals surface area contributed by atoms with Gasteiger partial charge in [-0.1, -0.05) is 18.2 Å².